The topological polar surface area (TPSA) is 103 Å². The molecule has 1 saturated heterocycles. The summed E-state index contributed by atoms with van der Waals surface area (Å²) in [5.74, 6) is 0.765. The van der Waals surface area contributed by atoms with Crippen LogP contribution in [0, 0.1) is 0 Å². The van der Waals surface area contributed by atoms with E-state index in [0.717, 1.165) is 5.56 Å². The minimum atomic E-state index is -3.76. The van der Waals surface area contributed by atoms with Gasteiger partial charge in [0.1, 0.15) is 5.75 Å². The van der Waals surface area contributed by atoms with Gasteiger partial charge in [0.25, 0.3) is 5.16 Å². The number of aromatic nitrogens is 4. The van der Waals surface area contributed by atoms with Crippen molar-refractivity contribution in [3.05, 3.63) is 42.4 Å². The van der Waals surface area contributed by atoms with Gasteiger partial charge in [0.05, 0.1) is 19.4 Å². The Hall–Kier alpha value is -2.72. The zero-order chi connectivity index (χ0) is 18.9. The lowest BCUT2D eigenvalue weighted by molar-refractivity contribution is 0.121. The average molecular weight is 389 g/mol. The van der Waals surface area contributed by atoms with Crippen molar-refractivity contribution in [1.29, 1.82) is 0 Å². The Labute approximate surface area is 156 Å². The summed E-state index contributed by atoms with van der Waals surface area (Å²) in [7, 11) is -2.11. The number of morpholine rings is 1. The van der Waals surface area contributed by atoms with Crippen LogP contribution in [-0.2, 0) is 27.4 Å². The summed E-state index contributed by atoms with van der Waals surface area (Å²) in [5.41, 5.74) is 0.835. The summed E-state index contributed by atoms with van der Waals surface area (Å²) < 4.78 is 38.0. The molecule has 0 unspecified atom stereocenters. The number of sulfone groups is 1. The van der Waals surface area contributed by atoms with Gasteiger partial charge in [0, 0.05) is 25.7 Å². The van der Waals surface area contributed by atoms with Gasteiger partial charge in [0.2, 0.25) is 21.7 Å². The van der Waals surface area contributed by atoms with Crippen molar-refractivity contribution in [3.8, 4) is 11.3 Å². The largest absolute Gasteiger partial charge is 0.440 e. The highest BCUT2D eigenvalue weighted by Crippen LogP contribution is 2.23. The van der Waals surface area contributed by atoms with Gasteiger partial charge in [-0.25, -0.2) is 13.4 Å². The second-order valence-electron chi connectivity index (χ2n) is 6.18. The first kappa shape index (κ1) is 17.7. The van der Waals surface area contributed by atoms with Crippen LogP contribution in [0.5, 0.6) is 0 Å². The molecule has 0 amide bonds. The third kappa shape index (κ3) is 3.58. The fourth-order valence-corrected chi connectivity index (χ4v) is 4.21. The highest BCUT2D eigenvalue weighted by atomic mass is 32.2. The zero-order valence-corrected chi connectivity index (χ0v) is 15.6. The van der Waals surface area contributed by atoms with Gasteiger partial charge >= 0.3 is 0 Å². The maximum atomic E-state index is 12.8. The number of anilines is 1. The third-order valence-electron chi connectivity index (χ3n) is 4.31. The highest BCUT2D eigenvalue weighted by Gasteiger charge is 2.28. The van der Waals surface area contributed by atoms with E-state index in [2.05, 4.69) is 15.2 Å². The quantitative estimate of drug-likeness (QED) is 0.643. The van der Waals surface area contributed by atoms with Crippen molar-refractivity contribution in [3.63, 3.8) is 0 Å². The maximum Gasteiger partial charge on any atom is 0.251 e. The number of benzene rings is 1. The van der Waals surface area contributed by atoms with Crippen LogP contribution < -0.4 is 4.90 Å². The molecular formula is C17H19N5O4S. The molecule has 142 valence electrons. The minimum absolute atomic E-state index is 0.108. The van der Waals surface area contributed by atoms with Crippen LogP contribution in [0.4, 0.5) is 5.95 Å². The Bertz CT molecular complexity index is 1020. The van der Waals surface area contributed by atoms with E-state index in [1.165, 1.54) is 10.8 Å². The first-order valence-electron chi connectivity index (χ1n) is 8.49. The molecule has 4 rings (SSSR count). The van der Waals surface area contributed by atoms with Crippen LogP contribution in [0.15, 0.2) is 46.1 Å². The van der Waals surface area contributed by atoms with E-state index in [0.29, 0.717) is 38.0 Å². The first-order valence-corrected chi connectivity index (χ1v) is 10.1. The van der Waals surface area contributed by atoms with Crippen LogP contribution in [0.2, 0.25) is 0 Å². The summed E-state index contributed by atoms with van der Waals surface area (Å²) in [5, 5.41) is 7.84. The van der Waals surface area contributed by atoms with E-state index in [9.17, 15) is 8.42 Å². The number of rotatable bonds is 5. The molecule has 27 heavy (non-hydrogen) atoms. The van der Waals surface area contributed by atoms with Crippen LogP contribution in [0.25, 0.3) is 11.3 Å². The molecule has 0 spiro atoms. The first-order chi connectivity index (χ1) is 13.0. The Kier molecular flexibility index (Phi) is 4.66. The number of oxazole rings is 1. The average Bonchev–Trinajstić information content (AvgIpc) is 3.30. The van der Waals surface area contributed by atoms with Crippen molar-refractivity contribution in [1.82, 2.24) is 19.7 Å². The van der Waals surface area contributed by atoms with Gasteiger partial charge < -0.3 is 14.1 Å². The van der Waals surface area contributed by atoms with Crippen LogP contribution in [0.1, 0.15) is 5.89 Å². The van der Waals surface area contributed by atoms with E-state index in [4.69, 9.17) is 9.15 Å². The lowest BCUT2D eigenvalue weighted by Crippen LogP contribution is -2.37. The van der Waals surface area contributed by atoms with E-state index in [1.54, 1.807) is 7.05 Å². The van der Waals surface area contributed by atoms with E-state index < -0.39 is 9.84 Å². The Morgan fingerprint density at radius 2 is 1.85 bits per heavy atom. The Morgan fingerprint density at radius 3 is 2.59 bits per heavy atom. The maximum absolute atomic E-state index is 12.8. The van der Waals surface area contributed by atoms with Crippen molar-refractivity contribution < 1.29 is 17.6 Å². The fourth-order valence-electron chi connectivity index (χ4n) is 2.96. The summed E-state index contributed by atoms with van der Waals surface area (Å²) >= 11 is 0. The normalized spacial score (nSPS) is 15.2. The van der Waals surface area contributed by atoms with Crippen LogP contribution in [-0.4, -0.2) is 54.5 Å². The monoisotopic (exact) mass is 389 g/mol. The number of ether oxygens (including phenoxy) is 1. The number of hydrogen-bond donors (Lipinski definition) is 0. The van der Waals surface area contributed by atoms with Crippen molar-refractivity contribution in [2.24, 2.45) is 7.05 Å². The molecular weight excluding hydrogens is 370 g/mol. The second kappa shape index (κ2) is 7.12. The van der Waals surface area contributed by atoms with E-state index in [1.807, 2.05) is 35.2 Å². The molecule has 0 bridgehead atoms. The van der Waals surface area contributed by atoms with Crippen LogP contribution in [0.3, 0.4) is 0 Å². The lowest BCUT2D eigenvalue weighted by atomic mass is 10.2. The van der Waals surface area contributed by atoms with Gasteiger partial charge in [-0.1, -0.05) is 30.3 Å². The molecule has 0 radical (unpaired) electrons. The smallest absolute Gasteiger partial charge is 0.251 e. The predicted octanol–water partition coefficient (Wildman–Crippen LogP) is 1.28. The fraction of sp³-hybridized carbons (Fsp3) is 0.353. The molecule has 1 fully saturated rings. The summed E-state index contributed by atoms with van der Waals surface area (Å²) in [6, 6.07) is 9.39. The van der Waals surface area contributed by atoms with E-state index in [-0.39, 0.29) is 16.8 Å². The molecule has 0 N–H and O–H groups in total. The minimum Gasteiger partial charge on any atom is -0.440 e. The molecule has 1 aliphatic heterocycles. The molecule has 3 heterocycles. The Balaban J connectivity index is 1.56. The molecule has 0 aliphatic carbocycles. The lowest BCUT2D eigenvalue weighted by Gasteiger charge is -2.27. The van der Waals surface area contributed by atoms with Gasteiger partial charge in [-0.05, 0) is 0 Å². The molecule has 3 aromatic rings. The summed E-state index contributed by atoms with van der Waals surface area (Å²) in [6.45, 7) is 2.44. The van der Waals surface area contributed by atoms with Crippen molar-refractivity contribution in [2.45, 2.75) is 10.9 Å². The second-order valence-corrected chi connectivity index (χ2v) is 8.07. The highest BCUT2D eigenvalue weighted by molar-refractivity contribution is 7.90. The molecule has 10 heteroatoms. The molecule has 2 aromatic heterocycles. The van der Waals surface area contributed by atoms with Crippen molar-refractivity contribution in [2.75, 3.05) is 31.2 Å². The molecule has 0 atom stereocenters. The van der Waals surface area contributed by atoms with Gasteiger partial charge in [-0.15, -0.1) is 10.2 Å². The van der Waals surface area contributed by atoms with Gasteiger partial charge in [0.15, 0.2) is 5.76 Å². The van der Waals surface area contributed by atoms with Crippen LogP contribution >= 0.6 is 0 Å². The number of hydrogen-bond acceptors (Lipinski definition) is 8. The van der Waals surface area contributed by atoms with Crippen molar-refractivity contribution >= 4 is 15.8 Å². The van der Waals surface area contributed by atoms with E-state index >= 15 is 0 Å². The SMILES string of the molecule is Cn1c(N2CCOCC2)nnc1S(=O)(=O)Cc1ncc(-c2ccccc2)o1. The predicted molar refractivity (Wildman–Crippen MR) is 96.9 cm³/mol. The standard InChI is InChI=1S/C17H19N5O4S/c1-21-16(22-7-9-25-10-8-22)19-20-17(21)27(23,24)12-15-18-11-14(26-15)13-5-3-2-4-6-13/h2-6,11H,7-10,12H2,1H3. The summed E-state index contributed by atoms with van der Waals surface area (Å²) in [6.07, 6.45) is 1.52. The molecule has 0 saturated carbocycles. The Morgan fingerprint density at radius 1 is 1.11 bits per heavy atom. The molecule has 9 nitrogen and oxygen atoms in total. The summed E-state index contributed by atoms with van der Waals surface area (Å²) in [4.78, 5) is 6.05. The molecule has 1 aromatic carbocycles. The zero-order valence-electron chi connectivity index (χ0n) is 14.8. The third-order valence-corrected chi connectivity index (χ3v) is 5.85. The molecule has 1 aliphatic rings. The number of nitrogens with zero attached hydrogens (tertiary/aromatic N) is 5. The van der Waals surface area contributed by atoms with Gasteiger partial charge in [-0.3, -0.25) is 4.57 Å². The van der Waals surface area contributed by atoms with Gasteiger partial charge in [-0.2, -0.15) is 0 Å².